The maximum absolute atomic E-state index is 12.0. The topological polar surface area (TPSA) is 49.4 Å². The molecule has 4 nitrogen and oxygen atoms in total. The SMILES string of the molecule is [B]NC(C)(C)N1C(=O)CC(C(C)C)C1=O. The van der Waals surface area contributed by atoms with Crippen LogP contribution in [0.4, 0.5) is 0 Å². The fourth-order valence-corrected chi connectivity index (χ4v) is 1.83. The van der Waals surface area contributed by atoms with Gasteiger partial charge in [0.05, 0.1) is 5.66 Å². The van der Waals surface area contributed by atoms with E-state index >= 15 is 0 Å². The Morgan fingerprint density at radius 3 is 2.33 bits per heavy atom. The number of nitrogens with one attached hydrogen (secondary N) is 1. The summed E-state index contributed by atoms with van der Waals surface area (Å²) in [6, 6.07) is 0. The summed E-state index contributed by atoms with van der Waals surface area (Å²) >= 11 is 0. The van der Waals surface area contributed by atoms with Gasteiger partial charge in [-0.1, -0.05) is 13.8 Å². The quantitative estimate of drug-likeness (QED) is 0.540. The van der Waals surface area contributed by atoms with Crippen molar-refractivity contribution in [2.75, 3.05) is 0 Å². The van der Waals surface area contributed by atoms with Crippen molar-refractivity contribution in [3.8, 4) is 0 Å². The van der Waals surface area contributed by atoms with Crippen LogP contribution in [0.1, 0.15) is 34.1 Å². The Kier molecular flexibility index (Phi) is 3.23. The number of hydrogen-bond acceptors (Lipinski definition) is 3. The molecule has 0 aromatic rings. The number of nitrogens with zero attached hydrogens (tertiary/aromatic N) is 1. The highest BCUT2D eigenvalue weighted by molar-refractivity contribution is 6.07. The van der Waals surface area contributed by atoms with Crippen LogP contribution in [-0.4, -0.2) is 30.4 Å². The average Bonchev–Trinajstić information content (AvgIpc) is 2.42. The van der Waals surface area contributed by atoms with E-state index in [1.807, 2.05) is 13.8 Å². The molecule has 1 rings (SSSR count). The van der Waals surface area contributed by atoms with E-state index in [9.17, 15) is 9.59 Å². The van der Waals surface area contributed by atoms with Crippen molar-refractivity contribution >= 4 is 19.8 Å². The lowest BCUT2D eigenvalue weighted by molar-refractivity contribution is -0.146. The number of carbonyl (C=O) groups excluding carboxylic acids is 2. The molecule has 1 heterocycles. The minimum absolute atomic E-state index is 0.127. The first kappa shape index (κ1) is 12.2. The summed E-state index contributed by atoms with van der Waals surface area (Å²) in [6.45, 7) is 7.32. The summed E-state index contributed by atoms with van der Waals surface area (Å²) in [7, 11) is 5.34. The Bertz CT molecular complexity index is 289. The van der Waals surface area contributed by atoms with Crippen molar-refractivity contribution < 1.29 is 9.59 Å². The first-order valence-corrected chi connectivity index (χ1v) is 5.16. The minimum atomic E-state index is -0.808. The third kappa shape index (κ3) is 2.07. The molecule has 1 unspecified atom stereocenters. The van der Waals surface area contributed by atoms with Gasteiger partial charge in [-0.25, -0.2) is 0 Å². The molecule has 0 bridgehead atoms. The molecule has 15 heavy (non-hydrogen) atoms. The Hall–Kier alpha value is -0.835. The average molecular weight is 208 g/mol. The van der Waals surface area contributed by atoms with Crippen molar-refractivity contribution in [3.63, 3.8) is 0 Å². The number of imide groups is 1. The zero-order valence-electron chi connectivity index (χ0n) is 9.70. The van der Waals surface area contributed by atoms with Gasteiger partial charge in [0.15, 0.2) is 7.98 Å². The lowest BCUT2D eigenvalue weighted by atomic mass is 9.94. The predicted molar refractivity (Wildman–Crippen MR) is 57.8 cm³/mol. The smallest absolute Gasteiger partial charge is 0.234 e. The van der Waals surface area contributed by atoms with Crippen molar-refractivity contribution in [2.45, 2.75) is 39.8 Å². The molecule has 1 saturated heterocycles. The minimum Gasteiger partial charge on any atom is -0.345 e. The van der Waals surface area contributed by atoms with Crippen LogP contribution in [0.15, 0.2) is 0 Å². The van der Waals surface area contributed by atoms with E-state index in [-0.39, 0.29) is 23.7 Å². The first-order chi connectivity index (χ1) is 6.81. The third-order valence-electron chi connectivity index (χ3n) is 2.90. The maximum atomic E-state index is 12.0. The Morgan fingerprint density at radius 1 is 1.47 bits per heavy atom. The second-order valence-corrected chi connectivity index (χ2v) is 4.83. The molecule has 1 aliphatic heterocycles. The number of carbonyl (C=O) groups is 2. The van der Waals surface area contributed by atoms with E-state index in [1.54, 1.807) is 13.8 Å². The van der Waals surface area contributed by atoms with Crippen molar-refractivity contribution in [2.24, 2.45) is 11.8 Å². The van der Waals surface area contributed by atoms with Crippen LogP contribution in [0, 0.1) is 11.8 Å². The zero-order chi connectivity index (χ0) is 11.8. The second-order valence-electron chi connectivity index (χ2n) is 4.83. The van der Waals surface area contributed by atoms with Gasteiger partial charge in [0, 0.05) is 12.3 Å². The molecule has 1 aliphatic rings. The van der Waals surface area contributed by atoms with Crippen LogP contribution < -0.4 is 5.23 Å². The molecule has 82 valence electrons. The van der Waals surface area contributed by atoms with Gasteiger partial charge in [-0.3, -0.25) is 14.5 Å². The van der Waals surface area contributed by atoms with Gasteiger partial charge in [0.2, 0.25) is 11.8 Å². The number of amides is 2. The van der Waals surface area contributed by atoms with Crippen LogP contribution >= 0.6 is 0 Å². The fourth-order valence-electron chi connectivity index (χ4n) is 1.83. The molecule has 0 spiro atoms. The monoisotopic (exact) mass is 208 g/mol. The van der Waals surface area contributed by atoms with E-state index in [4.69, 9.17) is 7.98 Å². The first-order valence-electron chi connectivity index (χ1n) is 5.16. The van der Waals surface area contributed by atoms with Gasteiger partial charge >= 0.3 is 0 Å². The fraction of sp³-hybridized carbons (Fsp3) is 0.800. The predicted octanol–water partition coefficient (Wildman–Crippen LogP) is 0.427. The number of likely N-dealkylation sites (tertiary alicyclic amines) is 1. The molecule has 2 radical (unpaired) electrons. The van der Waals surface area contributed by atoms with E-state index in [0.29, 0.717) is 6.42 Å². The summed E-state index contributed by atoms with van der Waals surface area (Å²) in [4.78, 5) is 24.9. The number of hydrogen-bond donors (Lipinski definition) is 1. The third-order valence-corrected chi connectivity index (χ3v) is 2.90. The van der Waals surface area contributed by atoms with E-state index in [0.717, 1.165) is 0 Å². The molecule has 2 amide bonds. The van der Waals surface area contributed by atoms with Crippen LogP contribution in [0.5, 0.6) is 0 Å². The van der Waals surface area contributed by atoms with Crippen LogP contribution in [0.3, 0.4) is 0 Å². The Morgan fingerprint density at radius 2 is 2.00 bits per heavy atom. The molecule has 0 aromatic heterocycles. The normalized spacial score (nSPS) is 23.0. The standard InChI is InChI=1S/C10H17BN2O2/c1-6(2)7-5-8(14)13(9(7)15)10(3,4)12-11/h6-7,12H,5H2,1-4H3. The molecule has 5 heteroatoms. The summed E-state index contributed by atoms with van der Waals surface area (Å²) in [5.74, 6) is -0.301. The van der Waals surface area contributed by atoms with Gasteiger partial charge in [-0.15, -0.1) is 0 Å². The molecule has 0 aliphatic carbocycles. The molecular formula is C10H17BN2O2. The van der Waals surface area contributed by atoms with Crippen molar-refractivity contribution in [1.29, 1.82) is 0 Å². The lowest BCUT2D eigenvalue weighted by Gasteiger charge is -2.34. The van der Waals surface area contributed by atoms with Crippen molar-refractivity contribution in [3.05, 3.63) is 0 Å². The van der Waals surface area contributed by atoms with E-state index in [1.165, 1.54) is 4.90 Å². The summed E-state index contributed by atoms with van der Waals surface area (Å²) < 4.78 is 0. The molecule has 0 aromatic carbocycles. The Balaban J connectivity index is 2.94. The van der Waals surface area contributed by atoms with Gasteiger partial charge in [-0.2, -0.15) is 0 Å². The van der Waals surface area contributed by atoms with Crippen molar-refractivity contribution in [1.82, 2.24) is 10.1 Å². The van der Waals surface area contributed by atoms with E-state index in [2.05, 4.69) is 5.23 Å². The molecule has 1 fully saturated rings. The second kappa shape index (κ2) is 3.97. The highest BCUT2D eigenvalue weighted by Gasteiger charge is 2.45. The largest absolute Gasteiger partial charge is 0.345 e. The molecular weight excluding hydrogens is 191 g/mol. The number of rotatable bonds is 3. The summed E-state index contributed by atoms with van der Waals surface area (Å²) in [5.41, 5.74) is -0.808. The van der Waals surface area contributed by atoms with Gasteiger partial charge in [0.25, 0.3) is 0 Å². The molecule has 1 N–H and O–H groups in total. The van der Waals surface area contributed by atoms with Crippen LogP contribution in [0.2, 0.25) is 0 Å². The highest BCUT2D eigenvalue weighted by atomic mass is 16.2. The van der Waals surface area contributed by atoms with E-state index < -0.39 is 5.66 Å². The summed E-state index contributed by atoms with van der Waals surface area (Å²) in [5, 5.41) is 2.49. The van der Waals surface area contributed by atoms with Crippen LogP contribution in [0.25, 0.3) is 0 Å². The zero-order valence-corrected chi connectivity index (χ0v) is 9.70. The molecule has 1 atom stereocenters. The maximum Gasteiger partial charge on any atom is 0.234 e. The van der Waals surface area contributed by atoms with Gasteiger partial charge < -0.3 is 5.23 Å². The van der Waals surface area contributed by atoms with Gasteiger partial charge in [-0.05, 0) is 19.8 Å². The molecule has 0 saturated carbocycles. The highest BCUT2D eigenvalue weighted by Crippen LogP contribution is 2.30. The van der Waals surface area contributed by atoms with Crippen LogP contribution in [-0.2, 0) is 9.59 Å². The lowest BCUT2D eigenvalue weighted by Crippen LogP contribution is -2.56. The Labute approximate surface area is 91.8 Å². The van der Waals surface area contributed by atoms with Gasteiger partial charge in [0.1, 0.15) is 0 Å². The summed E-state index contributed by atoms with van der Waals surface area (Å²) in [6.07, 6.45) is 0.293.